The van der Waals surface area contributed by atoms with Gasteiger partial charge in [0.25, 0.3) is 0 Å². The van der Waals surface area contributed by atoms with Crippen LogP contribution in [0.4, 0.5) is 0 Å². The molecule has 0 saturated carbocycles. The van der Waals surface area contributed by atoms with Crippen molar-refractivity contribution in [1.29, 1.82) is 0 Å². The van der Waals surface area contributed by atoms with Crippen molar-refractivity contribution in [3.05, 3.63) is 0 Å². The standard InChI is InChI=1S/C11H20N2O4/c1-11(17,5-9(14)15)7-13-10(16)8-3-2-4-12-6-8/h8,12,17H,2-7H2,1H3,(H,13,16)(H,14,15). The predicted octanol–water partition coefficient (Wildman–Crippen LogP) is -0.672. The molecule has 0 aromatic rings. The summed E-state index contributed by atoms with van der Waals surface area (Å²) in [4.78, 5) is 22.2. The minimum atomic E-state index is -1.40. The van der Waals surface area contributed by atoms with E-state index in [1.807, 2.05) is 0 Å². The van der Waals surface area contributed by atoms with Crippen LogP contribution in [0.2, 0.25) is 0 Å². The predicted molar refractivity (Wildman–Crippen MR) is 61.5 cm³/mol. The van der Waals surface area contributed by atoms with Crippen LogP contribution in [0.15, 0.2) is 0 Å². The van der Waals surface area contributed by atoms with Crippen LogP contribution < -0.4 is 10.6 Å². The van der Waals surface area contributed by atoms with Crippen molar-refractivity contribution in [3.63, 3.8) is 0 Å². The highest BCUT2D eigenvalue weighted by molar-refractivity contribution is 5.79. The van der Waals surface area contributed by atoms with Crippen molar-refractivity contribution < 1.29 is 19.8 Å². The van der Waals surface area contributed by atoms with Crippen LogP contribution in [0.1, 0.15) is 26.2 Å². The Balaban J connectivity index is 2.33. The quantitative estimate of drug-likeness (QED) is 0.514. The van der Waals surface area contributed by atoms with Gasteiger partial charge in [0.1, 0.15) is 0 Å². The van der Waals surface area contributed by atoms with E-state index in [0.29, 0.717) is 6.54 Å². The van der Waals surface area contributed by atoms with Gasteiger partial charge in [-0.25, -0.2) is 0 Å². The largest absolute Gasteiger partial charge is 0.481 e. The van der Waals surface area contributed by atoms with Gasteiger partial charge in [0.05, 0.1) is 17.9 Å². The number of rotatable bonds is 5. The van der Waals surface area contributed by atoms with Crippen molar-refractivity contribution >= 4 is 11.9 Å². The van der Waals surface area contributed by atoms with E-state index in [4.69, 9.17) is 5.11 Å². The van der Waals surface area contributed by atoms with Gasteiger partial charge in [-0.15, -0.1) is 0 Å². The molecule has 1 amide bonds. The first-order chi connectivity index (χ1) is 7.91. The van der Waals surface area contributed by atoms with E-state index >= 15 is 0 Å². The SMILES string of the molecule is CC(O)(CNC(=O)C1CCCNC1)CC(=O)O. The first-order valence-corrected chi connectivity index (χ1v) is 5.83. The molecule has 1 aliphatic rings. The first kappa shape index (κ1) is 13.9. The molecule has 1 saturated heterocycles. The molecule has 17 heavy (non-hydrogen) atoms. The smallest absolute Gasteiger partial charge is 0.306 e. The Morgan fingerprint density at radius 1 is 1.53 bits per heavy atom. The summed E-state index contributed by atoms with van der Waals surface area (Å²) in [6.45, 7) is 2.95. The summed E-state index contributed by atoms with van der Waals surface area (Å²) < 4.78 is 0. The van der Waals surface area contributed by atoms with Crippen molar-refractivity contribution in [1.82, 2.24) is 10.6 Å². The molecule has 2 atom stereocenters. The monoisotopic (exact) mass is 244 g/mol. The molecule has 98 valence electrons. The number of aliphatic hydroxyl groups is 1. The number of aliphatic carboxylic acids is 1. The number of carbonyl (C=O) groups is 2. The maximum Gasteiger partial charge on any atom is 0.306 e. The molecule has 0 spiro atoms. The second kappa shape index (κ2) is 5.97. The summed E-state index contributed by atoms with van der Waals surface area (Å²) in [6, 6.07) is 0. The molecule has 1 heterocycles. The second-order valence-corrected chi connectivity index (χ2v) is 4.83. The van der Waals surface area contributed by atoms with Crippen LogP contribution in [-0.4, -0.2) is 47.3 Å². The van der Waals surface area contributed by atoms with Gasteiger partial charge in [0.15, 0.2) is 0 Å². The molecule has 1 aliphatic heterocycles. The molecular weight excluding hydrogens is 224 g/mol. The number of piperidine rings is 1. The maximum atomic E-state index is 11.7. The van der Waals surface area contributed by atoms with E-state index in [9.17, 15) is 14.7 Å². The van der Waals surface area contributed by atoms with Crippen molar-refractivity contribution in [3.8, 4) is 0 Å². The zero-order valence-corrected chi connectivity index (χ0v) is 10.0. The molecule has 1 fully saturated rings. The Bertz CT molecular complexity index is 285. The molecule has 0 radical (unpaired) electrons. The van der Waals surface area contributed by atoms with Crippen LogP contribution in [0, 0.1) is 5.92 Å². The Morgan fingerprint density at radius 2 is 2.24 bits per heavy atom. The van der Waals surface area contributed by atoms with Crippen LogP contribution in [0.25, 0.3) is 0 Å². The van der Waals surface area contributed by atoms with Gasteiger partial charge in [-0.3, -0.25) is 9.59 Å². The maximum absolute atomic E-state index is 11.7. The van der Waals surface area contributed by atoms with Gasteiger partial charge in [0, 0.05) is 13.1 Å². The summed E-state index contributed by atoms with van der Waals surface area (Å²) in [5, 5.41) is 24.0. The number of carbonyl (C=O) groups excluding carboxylic acids is 1. The van der Waals surface area contributed by atoms with Gasteiger partial charge < -0.3 is 20.8 Å². The molecule has 0 bridgehead atoms. The molecule has 0 aliphatic carbocycles. The average molecular weight is 244 g/mol. The topological polar surface area (TPSA) is 98.7 Å². The van der Waals surface area contributed by atoms with E-state index in [-0.39, 0.29) is 24.8 Å². The van der Waals surface area contributed by atoms with Crippen LogP contribution >= 0.6 is 0 Å². The Kier molecular flexibility index (Phi) is 4.89. The Morgan fingerprint density at radius 3 is 2.76 bits per heavy atom. The summed E-state index contributed by atoms with van der Waals surface area (Å²) in [5.74, 6) is -1.28. The number of hydrogen-bond acceptors (Lipinski definition) is 4. The van der Waals surface area contributed by atoms with Crippen LogP contribution in [0.5, 0.6) is 0 Å². The van der Waals surface area contributed by atoms with Gasteiger partial charge in [-0.05, 0) is 26.3 Å². The van der Waals surface area contributed by atoms with Gasteiger partial charge >= 0.3 is 5.97 Å². The van der Waals surface area contributed by atoms with Gasteiger partial charge in [-0.1, -0.05) is 0 Å². The third kappa shape index (κ3) is 5.14. The Hall–Kier alpha value is -1.14. The van der Waals surface area contributed by atoms with Crippen molar-refractivity contribution in [2.75, 3.05) is 19.6 Å². The van der Waals surface area contributed by atoms with E-state index in [0.717, 1.165) is 19.4 Å². The fourth-order valence-corrected chi connectivity index (χ4v) is 1.89. The Labute approximate surface area is 100 Å². The highest BCUT2D eigenvalue weighted by Gasteiger charge is 2.27. The lowest BCUT2D eigenvalue weighted by molar-refractivity contribution is -0.142. The van der Waals surface area contributed by atoms with E-state index in [2.05, 4.69) is 10.6 Å². The number of carboxylic acids is 1. The third-order valence-corrected chi connectivity index (χ3v) is 2.84. The van der Waals surface area contributed by atoms with E-state index in [1.165, 1.54) is 6.92 Å². The normalized spacial score (nSPS) is 23.8. The molecule has 4 N–H and O–H groups in total. The molecule has 0 aromatic heterocycles. The fraction of sp³-hybridized carbons (Fsp3) is 0.818. The zero-order chi connectivity index (χ0) is 12.9. The van der Waals surface area contributed by atoms with Crippen molar-refractivity contribution in [2.45, 2.75) is 31.8 Å². The van der Waals surface area contributed by atoms with Crippen molar-refractivity contribution in [2.24, 2.45) is 5.92 Å². The second-order valence-electron chi connectivity index (χ2n) is 4.83. The minimum Gasteiger partial charge on any atom is -0.481 e. The number of amides is 1. The molecular formula is C11H20N2O4. The van der Waals surface area contributed by atoms with Crippen LogP contribution in [-0.2, 0) is 9.59 Å². The summed E-state index contributed by atoms with van der Waals surface area (Å²) in [7, 11) is 0. The van der Waals surface area contributed by atoms with Crippen LogP contribution in [0.3, 0.4) is 0 Å². The van der Waals surface area contributed by atoms with Gasteiger partial charge in [0.2, 0.25) is 5.91 Å². The van der Waals surface area contributed by atoms with E-state index in [1.54, 1.807) is 0 Å². The third-order valence-electron chi connectivity index (χ3n) is 2.84. The summed E-state index contributed by atoms with van der Waals surface area (Å²) in [6.07, 6.45) is 1.42. The lowest BCUT2D eigenvalue weighted by Crippen LogP contribution is -2.46. The fourth-order valence-electron chi connectivity index (χ4n) is 1.89. The summed E-state index contributed by atoms with van der Waals surface area (Å²) in [5.41, 5.74) is -1.40. The average Bonchev–Trinajstić information content (AvgIpc) is 2.25. The lowest BCUT2D eigenvalue weighted by atomic mass is 9.97. The lowest BCUT2D eigenvalue weighted by Gasteiger charge is -2.25. The zero-order valence-electron chi connectivity index (χ0n) is 10.0. The minimum absolute atomic E-state index is 0.0331. The molecule has 0 aromatic carbocycles. The molecule has 2 unspecified atom stereocenters. The van der Waals surface area contributed by atoms with Gasteiger partial charge in [-0.2, -0.15) is 0 Å². The number of nitrogens with one attached hydrogen (secondary N) is 2. The first-order valence-electron chi connectivity index (χ1n) is 5.83. The highest BCUT2D eigenvalue weighted by atomic mass is 16.4. The molecule has 6 nitrogen and oxygen atoms in total. The highest BCUT2D eigenvalue weighted by Crippen LogP contribution is 2.11. The number of carboxylic acid groups (broad SMARTS) is 1. The molecule has 1 rings (SSSR count). The number of hydrogen-bond donors (Lipinski definition) is 4. The molecule has 6 heteroatoms. The van der Waals surface area contributed by atoms with E-state index < -0.39 is 11.6 Å². The summed E-state index contributed by atoms with van der Waals surface area (Å²) >= 11 is 0.